The van der Waals surface area contributed by atoms with E-state index in [9.17, 15) is 4.79 Å². The summed E-state index contributed by atoms with van der Waals surface area (Å²) in [6.07, 6.45) is 1.00. The van der Waals surface area contributed by atoms with Crippen LogP contribution in [0.3, 0.4) is 0 Å². The van der Waals surface area contributed by atoms with Gasteiger partial charge in [-0.25, -0.2) is 0 Å². The molecule has 2 rings (SSSR count). The van der Waals surface area contributed by atoms with Gasteiger partial charge in [-0.1, -0.05) is 11.6 Å². The first kappa shape index (κ1) is 12.6. The minimum absolute atomic E-state index is 0.121. The fourth-order valence-corrected chi connectivity index (χ4v) is 2.08. The van der Waals surface area contributed by atoms with Crippen LogP contribution in [0.5, 0.6) is 0 Å². The van der Waals surface area contributed by atoms with Crippen LogP contribution in [-0.4, -0.2) is 43.5 Å². The van der Waals surface area contributed by atoms with Crippen LogP contribution in [0.25, 0.3) is 0 Å². The second-order valence-corrected chi connectivity index (χ2v) is 4.80. The van der Waals surface area contributed by atoms with Gasteiger partial charge in [-0.3, -0.25) is 9.69 Å². The molecule has 0 radical (unpaired) electrons. The van der Waals surface area contributed by atoms with Gasteiger partial charge >= 0.3 is 0 Å². The number of carbonyl (C=O) groups is 1. The fourth-order valence-electron chi connectivity index (χ4n) is 1.95. The van der Waals surface area contributed by atoms with Crippen LogP contribution in [0.1, 0.15) is 16.8 Å². The summed E-state index contributed by atoms with van der Waals surface area (Å²) in [5.41, 5.74) is 0.708. The van der Waals surface area contributed by atoms with Crippen molar-refractivity contribution in [2.24, 2.45) is 0 Å². The molecule has 0 amide bonds. The van der Waals surface area contributed by atoms with E-state index >= 15 is 0 Å². The molecule has 3 nitrogen and oxygen atoms in total. The van der Waals surface area contributed by atoms with Crippen molar-refractivity contribution in [2.75, 3.05) is 26.8 Å². The summed E-state index contributed by atoms with van der Waals surface area (Å²) in [7, 11) is 1.97. The molecule has 1 unspecified atom stereocenters. The van der Waals surface area contributed by atoms with Crippen LogP contribution < -0.4 is 0 Å². The second-order valence-electron chi connectivity index (χ2n) is 4.36. The van der Waals surface area contributed by atoms with Gasteiger partial charge in [-0.05, 0) is 37.7 Å². The molecule has 1 fully saturated rings. The van der Waals surface area contributed by atoms with Crippen LogP contribution in [-0.2, 0) is 4.74 Å². The predicted molar refractivity (Wildman–Crippen MR) is 67.6 cm³/mol. The number of nitrogens with zero attached hydrogens (tertiary/aromatic N) is 1. The van der Waals surface area contributed by atoms with Crippen molar-refractivity contribution in [2.45, 2.75) is 12.5 Å². The van der Waals surface area contributed by atoms with Crippen LogP contribution in [0.2, 0.25) is 5.02 Å². The van der Waals surface area contributed by atoms with Crippen molar-refractivity contribution in [1.29, 1.82) is 0 Å². The average molecular weight is 254 g/mol. The summed E-state index contributed by atoms with van der Waals surface area (Å²) in [4.78, 5) is 14.1. The van der Waals surface area contributed by atoms with Crippen molar-refractivity contribution in [3.63, 3.8) is 0 Å². The molecular formula is C13H16ClNO2. The number of likely N-dealkylation sites (N-methyl/N-ethyl adjacent to an activating group) is 1. The topological polar surface area (TPSA) is 29.5 Å². The lowest BCUT2D eigenvalue weighted by atomic mass is 10.1. The predicted octanol–water partition coefficient (Wildman–Crippen LogP) is 2.24. The Morgan fingerprint density at radius 2 is 2.18 bits per heavy atom. The zero-order chi connectivity index (χ0) is 12.3. The van der Waals surface area contributed by atoms with E-state index < -0.39 is 0 Å². The zero-order valence-electron chi connectivity index (χ0n) is 9.86. The molecule has 1 aromatic rings. The lowest BCUT2D eigenvalue weighted by molar-refractivity contribution is 0.0907. The highest BCUT2D eigenvalue weighted by Gasteiger charge is 2.22. The molecule has 0 aliphatic carbocycles. The van der Waals surface area contributed by atoms with Gasteiger partial charge in [0.2, 0.25) is 0 Å². The molecule has 1 aromatic carbocycles. The average Bonchev–Trinajstić information content (AvgIpc) is 2.83. The Bertz CT molecular complexity index is 385. The summed E-state index contributed by atoms with van der Waals surface area (Å²) in [5.74, 6) is 0.121. The van der Waals surface area contributed by atoms with Gasteiger partial charge in [0.25, 0.3) is 0 Å². The normalized spacial score (nSPS) is 19.8. The second kappa shape index (κ2) is 5.63. The van der Waals surface area contributed by atoms with Gasteiger partial charge < -0.3 is 4.74 Å². The Hall–Kier alpha value is -0.900. The molecular weight excluding hydrogens is 238 g/mol. The Morgan fingerprint density at radius 1 is 1.47 bits per heavy atom. The molecule has 1 aliphatic heterocycles. The summed E-state index contributed by atoms with van der Waals surface area (Å²) >= 11 is 5.79. The van der Waals surface area contributed by atoms with E-state index in [4.69, 9.17) is 16.3 Å². The molecule has 1 atom stereocenters. The Balaban J connectivity index is 1.94. The Kier molecular flexibility index (Phi) is 4.15. The molecule has 4 heteroatoms. The quantitative estimate of drug-likeness (QED) is 0.771. The molecule has 0 bridgehead atoms. The molecule has 17 heavy (non-hydrogen) atoms. The van der Waals surface area contributed by atoms with Gasteiger partial charge in [-0.15, -0.1) is 0 Å². The van der Waals surface area contributed by atoms with Crippen molar-refractivity contribution in [3.8, 4) is 0 Å². The summed E-state index contributed by atoms with van der Waals surface area (Å²) < 4.78 is 5.31. The molecule has 0 aromatic heterocycles. The third-order valence-corrected chi connectivity index (χ3v) is 3.34. The van der Waals surface area contributed by atoms with Gasteiger partial charge in [-0.2, -0.15) is 0 Å². The molecule has 92 valence electrons. The smallest absolute Gasteiger partial charge is 0.176 e. The van der Waals surface area contributed by atoms with Gasteiger partial charge in [0.1, 0.15) is 0 Å². The van der Waals surface area contributed by atoms with E-state index in [1.54, 1.807) is 24.3 Å². The van der Waals surface area contributed by atoms with Gasteiger partial charge in [0.05, 0.1) is 13.2 Å². The maximum absolute atomic E-state index is 12.0. The number of ketones is 1. The van der Waals surface area contributed by atoms with Crippen LogP contribution >= 0.6 is 11.6 Å². The fraction of sp³-hybridized carbons (Fsp3) is 0.462. The summed E-state index contributed by atoms with van der Waals surface area (Å²) in [6, 6.07) is 7.39. The van der Waals surface area contributed by atoms with Crippen LogP contribution in [0, 0.1) is 0 Å². The number of halogens is 1. The first-order valence-corrected chi connectivity index (χ1v) is 6.11. The largest absolute Gasteiger partial charge is 0.380 e. The number of hydrogen-bond donors (Lipinski definition) is 0. The highest BCUT2D eigenvalue weighted by molar-refractivity contribution is 6.30. The van der Waals surface area contributed by atoms with E-state index in [-0.39, 0.29) is 5.78 Å². The molecule has 1 saturated heterocycles. The first-order chi connectivity index (χ1) is 8.16. The SMILES string of the molecule is CN(CC(=O)c1ccc(Cl)cc1)C1CCOC1. The van der Waals surface area contributed by atoms with Crippen molar-refractivity contribution in [3.05, 3.63) is 34.9 Å². The van der Waals surface area contributed by atoms with Gasteiger partial charge in [0.15, 0.2) is 5.78 Å². The summed E-state index contributed by atoms with van der Waals surface area (Å²) in [5, 5.41) is 0.652. The number of rotatable bonds is 4. The van der Waals surface area contributed by atoms with Crippen LogP contribution in [0.15, 0.2) is 24.3 Å². The molecule has 0 spiro atoms. The Morgan fingerprint density at radius 3 is 2.76 bits per heavy atom. The maximum Gasteiger partial charge on any atom is 0.176 e. The first-order valence-electron chi connectivity index (χ1n) is 5.73. The van der Waals surface area contributed by atoms with Crippen molar-refractivity contribution < 1.29 is 9.53 Å². The number of ether oxygens (including phenoxy) is 1. The molecule has 0 saturated carbocycles. The Labute approximate surface area is 106 Å². The third kappa shape index (κ3) is 3.28. The molecule has 1 aliphatic rings. The van der Waals surface area contributed by atoms with E-state index in [2.05, 4.69) is 4.90 Å². The van der Waals surface area contributed by atoms with E-state index in [1.807, 2.05) is 7.05 Å². The van der Waals surface area contributed by atoms with E-state index in [1.165, 1.54) is 0 Å². The van der Waals surface area contributed by atoms with Crippen LogP contribution in [0.4, 0.5) is 0 Å². The van der Waals surface area contributed by atoms with E-state index in [0.717, 1.165) is 19.6 Å². The highest BCUT2D eigenvalue weighted by Crippen LogP contribution is 2.13. The minimum atomic E-state index is 0.121. The highest BCUT2D eigenvalue weighted by atomic mass is 35.5. The monoisotopic (exact) mass is 253 g/mol. The van der Waals surface area contributed by atoms with E-state index in [0.29, 0.717) is 23.2 Å². The van der Waals surface area contributed by atoms with Crippen molar-refractivity contribution in [1.82, 2.24) is 4.90 Å². The molecule has 1 heterocycles. The third-order valence-electron chi connectivity index (χ3n) is 3.09. The minimum Gasteiger partial charge on any atom is -0.380 e. The maximum atomic E-state index is 12.0. The molecule has 0 N–H and O–H groups in total. The number of carbonyl (C=O) groups excluding carboxylic acids is 1. The van der Waals surface area contributed by atoms with Crippen molar-refractivity contribution >= 4 is 17.4 Å². The standard InChI is InChI=1S/C13H16ClNO2/c1-15(12-6-7-17-9-12)8-13(16)10-2-4-11(14)5-3-10/h2-5,12H,6-9H2,1H3. The number of hydrogen-bond acceptors (Lipinski definition) is 3. The lowest BCUT2D eigenvalue weighted by Gasteiger charge is -2.21. The number of Topliss-reactive ketones (excluding diaryl/α,β-unsaturated/α-hetero) is 1. The zero-order valence-corrected chi connectivity index (χ0v) is 10.6. The number of benzene rings is 1. The van der Waals surface area contributed by atoms with Gasteiger partial charge in [0, 0.05) is 23.2 Å². The lowest BCUT2D eigenvalue weighted by Crippen LogP contribution is -2.36. The summed E-state index contributed by atoms with van der Waals surface area (Å²) in [6.45, 7) is 1.95.